The van der Waals surface area contributed by atoms with Gasteiger partial charge in [0.25, 0.3) is 0 Å². The second kappa shape index (κ2) is 8.49. The lowest BCUT2D eigenvalue weighted by Crippen LogP contribution is -2.19. The Morgan fingerprint density at radius 3 is 2.50 bits per heavy atom. The second-order valence-electron chi connectivity index (χ2n) is 5.63. The largest absolute Gasteiger partial charge is 0.495 e. The number of hydrogen-bond donors (Lipinski definition) is 1. The van der Waals surface area contributed by atoms with Crippen molar-refractivity contribution in [2.24, 2.45) is 0 Å². The Balaban J connectivity index is 1.89. The number of aryl methyl sites for hydroxylation is 1. The SMILES string of the molecule is COc1ccc(C)cc1NC(=O)C(Sc1ncccn1)c1ccccc1. The lowest BCUT2D eigenvalue weighted by atomic mass is 10.1. The van der Waals surface area contributed by atoms with Crippen LogP contribution in [0.2, 0.25) is 0 Å². The maximum atomic E-state index is 13.1. The van der Waals surface area contributed by atoms with Crippen LogP contribution in [0.25, 0.3) is 0 Å². The van der Waals surface area contributed by atoms with Crippen LogP contribution in [0.5, 0.6) is 5.75 Å². The molecular weight excluding hydrogens is 346 g/mol. The maximum absolute atomic E-state index is 13.1. The van der Waals surface area contributed by atoms with Crippen LogP contribution < -0.4 is 10.1 Å². The number of nitrogens with one attached hydrogen (secondary N) is 1. The van der Waals surface area contributed by atoms with E-state index in [1.165, 1.54) is 11.8 Å². The third-order valence-corrected chi connectivity index (χ3v) is 4.86. The van der Waals surface area contributed by atoms with Gasteiger partial charge >= 0.3 is 0 Å². The molecule has 0 aliphatic heterocycles. The summed E-state index contributed by atoms with van der Waals surface area (Å²) in [5, 5.41) is 3.05. The van der Waals surface area contributed by atoms with E-state index in [0.29, 0.717) is 16.6 Å². The molecule has 2 aromatic carbocycles. The number of amides is 1. The minimum absolute atomic E-state index is 0.155. The maximum Gasteiger partial charge on any atom is 0.242 e. The Labute approximate surface area is 156 Å². The molecule has 1 N–H and O–H groups in total. The summed E-state index contributed by atoms with van der Waals surface area (Å²) in [5.41, 5.74) is 2.57. The quantitative estimate of drug-likeness (QED) is 0.522. The molecule has 0 saturated heterocycles. The number of methoxy groups -OCH3 is 1. The van der Waals surface area contributed by atoms with Crippen LogP contribution in [-0.2, 0) is 4.79 Å². The van der Waals surface area contributed by atoms with Crippen LogP contribution >= 0.6 is 11.8 Å². The number of aromatic nitrogens is 2. The van der Waals surface area contributed by atoms with Crippen molar-refractivity contribution in [1.29, 1.82) is 0 Å². The van der Waals surface area contributed by atoms with Crippen molar-refractivity contribution in [2.45, 2.75) is 17.3 Å². The Morgan fingerprint density at radius 1 is 1.08 bits per heavy atom. The van der Waals surface area contributed by atoms with E-state index in [4.69, 9.17) is 4.74 Å². The van der Waals surface area contributed by atoms with Crippen LogP contribution in [-0.4, -0.2) is 23.0 Å². The molecule has 1 aromatic heterocycles. The lowest BCUT2D eigenvalue weighted by Gasteiger charge is -2.17. The molecule has 5 nitrogen and oxygen atoms in total. The predicted octanol–water partition coefficient (Wildman–Crippen LogP) is 4.27. The molecule has 0 aliphatic rings. The molecule has 26 heavy (non-hydrogen) atoms. The number of hydrogen-bond acceptors (Lipinski definition) is 5. The van der Waals surface area contributed by atoms with Gasteiger partial charge in [-0.05, 0) is 36.2 Å². The molecule has 1 heterocycles. The summed E-state index contributed by atoms with van der Waals surface area (Å²) < 4.78 is 5.36. The summed E-state index contributed by atoms with van der Waals surface area (Å²) in [6.07, 6.45) is 3.33. The average Bonchev–Trinajstić information content (AvgIpc) is 2.68. The molecule has 0 aliphatic carbocycles. The fourth-order valence-corrected chi connectivity index (χ4v) is 3.38. The number of ether oxygens (including phenoxy) is 1. The zero-order valence-electron chi connectivity index (χ0n) is 14.5. The zero-order chi connectivity index (χ0) is 18.4. The van der Waals surface area contributed by atoms with Gasteiger partial charge in [-0.15, -0.1) is 0 Å². The van der Waals surface area contributed by atoms with E-state index in [9.17, 15) is 4.79 Å². The van der Waals surface area contributed by atoms with Gasteiger partial charge < -0.3 is 10.1 Å². The molecule has 1 atom stereocenters. The molecule has 132 valence electrons. The Hall–Kier alpha value is -2.86. The number of rotatable bonds is 6. The molecule has 0 radical (unpaired) electrons. The van der Waals surface area contributed by atoms with Crippen LogP contribution in [0.15, 0.2) is 72.1 Å². The van der Waals surface area contributed by atoms with Crippen molar-refractivity contribution in [3.8, 4) is 5.75 Å². The molecule has 3 rings (SSSR count). The Morgan fingerprint density at radius 2 is 1.81 bits per heavy atom. The normalized spacial score (nSPS) is 11.6. The number of anilines is 1. The van der Waals surface area contributed by atoms with Crippen LogP contribution in [0.1, 0.15) is 16.4 Å². The zero-order valence-corrected chi connectivity index (χ0v) is 15.4. The standard InChI is InChI=1S/C20H19N3O2S/c1-14-9-10-17(25-2)16(13-14)23-19(24)18(15-7-4-3-5-8-15)26-20-21-11-6-12-22-20/h3-13,18H,1-2H3,(H,23,24). The summed E-state index contributed by atoms with van der Waals surface area (Å²) >= 11 is 1.31. The molecule has 0 spiro atoms. The van der Waals surface area contributed by atoms with Crippen molar-refractivity contribution in [2.75, 3.05) is 12.4 Å². The topological polar surface area (TPSA) is 64.1 Å². The van der Waals surface area contributed by atoms with Crippen molar-refractivity contribution < 1.29 is 9.53 Å². The highest BCUT2D eigenvalue weighted by Gasteiger charge is 2.24. The fourth-order valence-electron chi connectivity index (χ4n) is 2.47. The molecule has 0 saturated carbocycles. The molecule has 0 fully saturated rings. The molecular formula is C20H19N3O2S. The van der Waals surface area contributed by atoms with Crippen LogP contribution in [0, 0.1) is 6.92 Å². The monoisotopic (exact) mass is 365 g/mol. The van der Waals surface area contributed by atoms with Crippen LogP contribution in [0.4, 0.5) is 5.69 Å². The smallest absolute Gasteiger partial charge is 0.242 e. The molecule has 3 aromatic rings. The van der Waals surface area contributed by atoms with Gasteiger partial charge in [-0.3, -0.25) is 4.79 Å². The average molecular weight is 365 g/mol. The molecule has 1 amide bonds. The van der Waals surface area contributed by atoms with Gasteiger partial charge in [0.2, 0.25) is 5.91 Å². The first-order chi connectivity index (χ1) is 12.7. The predicted molar refractivity (Wildman–Crippen MR) is 103 cm³/mol. The summed E-state index contributed by atoms with van der Waals surface area (Å²) in [7, 11) is 1.58. The summed E-state index contributed by atoms with van der Waals surface area (Å²) in [6.45, 7) is 1.97. The summed E-state index contributed by atoms with van der Waals surface area (Å²) in [5.74, 6) is 0.467. The number of carbonyl (C=O) groups excluding carboxylic acids is 1. The minimum atomic E-state index is -0.483. The van der Waals surface area contributed by atoms with E-state index in [1.54, 1.807) is 25.6 Å². The van der Waals surface area contributed by atoms with E-state index in [0.717, 1.165) is 11.1 Å². The highest BCUT2D eigenvalue weighted by Crippen LogP contribution is 2.35. The summed E-state index contributed by atoms with van der Waals surface area (Å²) in [4.78, 5) is 21.5. The molecule has 6 heteroatoms. The van der Waals surface area contributed by atoms with Crippen LogP contribution in [0.3, 0.4) is 0 Å². The van der Waals surface area contributed by atoms with E-state index in [2.05, 4.69) is 15.3 Å². The number of benzene rings is 2. The van der Waals surface area contributed by atoms with Gasteiger partial charge in [-0.1, -0.05) is 48.2 Å². The highest BCUT2D eigenvalue weighted by molar-refractivity contribution is 8.00. The second-order valence-corrected chi connectivity index (χ2v) is 6.71. The van der Waals surface area contributed by atoms with Gasteiger partial charge in [-0.2, -0.15) is 0 Å². The van der Waals surface area contributed by atoms with Gasteiger partial charge in [0, 0.05) is 12.4 Å². The van der Waals surface area contributed by atoms with Gasteiger partial charge in [0.15, 0.2) is 5.16 Å². The highest BCUT2D eigenvalue weighted by atomic mass is 32.2. The third-order valence-electron chi connectivity index (χ3n) is 3.72. The Bertz CT molecular complexity index is 873. The van der Waals surface area contributed by atoms with Crippen molar-refractivity contribution in [3.05, 3.63) is 78.1 Å². The minimum Gasteiger partial charge on any atom is -0.495 e. The molecule has 0 bridgehead atoms. The van der Waals surface area contributed by atoms with Gasteiger partial charge in [0.1, 0.15) is 11.0 Å². The number of thioether (sulfide) groups is 1. The van der Waals surface area contributed by atoms with E-state index in [-0.39, 0.29) is 5.91 Å². The number of nitrogens with zero attached hydrogens (tertiary/aromatic N) is 2. The lowest BCUT2D eigenvalue weighted by molar-refractivity contribution is -0.115. The first-order valence-electron chi connectivity index (χ1n) is 8.11. The van der Waals surface area contributed by atoms with E-state index < -0.39 is 5.25 Å². The van der Waals surface area contributed by atoms with E-state index >= 15 is 0 Å². The Kier molecular flexibility index (Phi) is 5.86. The first-order valence-corrected chi connectivity index (χ1v) is 8.99. The third kappa shape index (κ3) is 4.40. The summed E-state index contributed by atoms with van der Waals surface area (Å²) in [6, 6.07) is 17.0. The van der Waals surface area contributed by atoms with Crippen molar-refractivity contribution in [1.82, 2.24) is 9.97 Å². The van der Waals surface area contributed by atoms with Gasteiger partial charge in [-0.25, -0.2) is 9.97 Å². The first kappa shape index (κ1) is 17.9. The van der Waals surface area contributed by atoms with Gasteiger partial charge in [0.05, 0.1) is 12.8 Å². The van der Waals surface area contributed by atoms with Crippen molar-refractivity contribution >= 4 is 23.4 Å². The fraction of sp³-hybridized carbons (Fsp3) is 0.150. The van der Waals surface area contributed by atoms with Crippen molar-refractivity contribution in [3.63, 3.8) is 0 Å². The number of carbonyl (C=O) groups is 1. The molecule has 1 unspecified atom stereocenters. The van der Waals surface area contributed by atoms with E-state index in [1.807, 2.05) is 55.5 Å².